The number of hydrogen-bond acceptors (Lipinski definition) is 3. The molecular weight excluding hydrogens is 270 g/mol. The Kier molecular flexibility index (Phi) is 5.63. The third kappa shape index (κ3) is 4.79. The highest BCUT2D eigenvalue weighted by atomic mass is 35.5. The highest BCUT2D eigenvalue weighted by Gasteiger charge is 2.22. The number of nitrogens with one attached hydrogen (secondary N) is 1. The molecule has 19 heavy (non-hydrogen) atoms. The van der Waals surface area contributed by atoms with E-state index in [0.717, 1.165) is 0 Å². The standard InChI is InChI=1S/C13H16ClNO4/c1-3-11(13(17)18)15-12(16)8(2)19-10-6-4-5-9(14)7-10/h4-8,11H,3H2,1-2H3,(H,15,16)(H,17,18). The van der Waals surface area contributed by atoms with E-state index in [0.29, 0.717) is 17.2 Å². The number of benzene rings is 1. The van der Waals surface area contributed by atoms with Crippen molar-refractivity contribution < 1.29 is 19.4 Å². The van der Waals surface area contributed by atoms with Crippen LogP contribution in [0, 0.1) is 0 Å². The van der Waals surface area contributed by atoms with E-state index in [1.54, 1.807) is 38.1 Å². The first-order chi connectivity index (χ1) is 8.93. The van der Waals surface area contributed by atoms with E-state index >= 15 is 0 Å². The Morgan fingerprint density at radius 3 is 2.68 bits per heavy atom. The fraction of sp³-hybridized carbons (Fsp3) is 0.385. The molecule has 1 amide bonds. The quantitative estimate of drug-likeness (QED) is 0.839. The molecule has 5 nitrogen and oxygen atoms in total. The van der Waals surface area contributed by atoms with Gasteiger partial charge in [-0.15, -0.1) is 0 Å². The summed E-state index contributed by atoms with van der Waals surface area (Å²) in [5, 5.41) is 11.8. The largest absolute Gasteiger partial charge is 0.481 e. The molecular formula is C13H16ClNO4. The number of rotatable bonds is 6. The van der Waals surface area contributed by atoms with Gasteiger partial charge in [0.05, 0.1) is 0 Å². The maximum Gasteiger partial charge on any atom is 0.326 e. The van der Waals surface area contributed by atoms with Crippen molar-refractivity contribution in [1.82, 2.24) is 5.32 Å². The molecule has 0 fully saturated rings. The fourth-order valence-corrected chi connectivity index (χ4v) is 1.61. The molecule has 0 saturated heterocycles. The molecule has 0 bridgehead atoms. The Morgan fingerprint density at radius 2 is 2.16 bits per heavy atom. The van der Waals surface area contributed by atoms with Crippen LogP contribution in [0.15, 0.2) is 24.3 Å². The summed E-state index contributed by atoms with van der Waals surface area (Å²) >= 11 is 5.80. The van der Waals surface area contributed by atoms with Crippen LogP contribution in [0.2, 0.25) is 5.02 Å². The monoisotopic (exact) mass is 285 g/mol. The number of carboxylic acid groups (broad SMARTS) is 1. The summed E-state index contributed by atoms with van der Waals surface area (Å²) in [6.07, 6.45) is -0.489. The van der Waals surface area contributed by atoms with Crippen molar-refractivity contribution in [2.24, 2.45) is 0 Å². The number of carbonyl (C=O) groups excluding carboxylic acids is 1. The minimum absolute atomic E-state index is 0.310. The van der Waals surface area contributed by atoms with E-state index < -0.39 is 24.0 Å². The molecule has 104 valence electrons. The zero-order chi connectivity index (χ0) is 14.4. The average Bonchev–Trinajstić information content (AvgIpc) is 2.35. The van der Waals surface area contributed by atoms with Crippen molar-refractivity contribution in [2.75, 3.05) is 0 Å². The van der Waals surface area contributed by atoms with Crippen molar-refractivity contribution in [3.8, 4) is 5.75 Å². The van der Waals surface area contributed by atoms with E-state index in [1.807, 2.05) is 0 Å². The van der Waals surface area contributed by atoms with Gasteiger partial charge in [0.1, 0.15) is 11.8 Å². The molecule has 1 rings (SSSR count). The summed E-state index contributed by atoms with van der Waals surface area (Å²) < 4.78 is 5.39. The van der Waals surface area contributed by atoms with Crippen molar-refractivity contribution in [1.29, 1.82) is 0 Å². The minimum atomic E-state index is -1.06. The average molecular weight is 286 g/mol. The first-order valence-electron chi connectivity index (χ1n) is 5.89. The van der Waals surface area contributed by atoms with Crippen molar-refractivity contribution >= 4 is 23.5 Å². The van der Waals surface area contributed by atoms with Crippen molar-refractivity contribution in [3.63, 3.8) is 0 Å². The van der Waals surface area contributed by atoms with Crippen LogP contribution >= 0.6 is 11.6 Å². The minimum Gasteiger partial charge on any atom is -0.481 e. The molecule has 0 aliphatic carbocycles. The molecule has 0 aliphatic rings. The first kappa shape index (κ1) is 15.3. The van der Waals surface area contributed by atoms with Crippen LogP contribution in [-0.2, 0) is 9.59 Å². The summed E-state index contributed by atoms with van der Waals surface area (Å²) in [6, 6.07) is 5.74. The second-order valence-electron chi connectivity index (χ2n) is 4.03. The summed E-state index contributed by atoms with van der Waals surface area (Å²) in [7, 11) is 0. The van der Waals surface area contributed by atoms with Gasteiger partial charge in [-0.05, 0) is 31.5 Å². The maximum atomic E-state index is 11.8. The van der Waals surface area contributed by atoms with Crippen molar-refractivity contribution in [2.45, 2.75) is 32.4 Å². The molecule has 0 aliphatic heterocycles. The van der Waals surface area contributed by atoms with E-state index in [1.165, 1.54) is 0 Å². The smallest absolute Gasteiger partial charge is 0.326 e. The number of carboxylic acids is 1. The molecule has 2 N–H and O–H groups in total. The molecule has 0 radical (unpaired) electrons. The molecule has 6 heteroatoms. The predicted octanol–water partition coefficient (Wildman–Crippen LogP) is 2.09. The van der Waals surface area contributed by atoms with Crippen LogP contribution in [0.3, 0.4) is 0 Å². The predicted molar refractivity (Wildman–Crippen MR) is 71.4 cm³/mol. The fourth-order valence-electron chi connectivity index (χ4n) is 1.43. The van der Waals surface area contributed by atoms with Gasteiger partial charge in [-0.1, -0.05) is 24.6 Å². The van der Waals surface area contributed by atoms with Gasteiger partial charge in [-0.2, -0.15) is 0 Å². The third-order valence-electron chi connectivity index (χ3n) is 2.50. The summed E-state index contributed by atoms with van der Waals surface area (Å²) in [6.45, 7) is 3.23. The Bertz CT molecular complexity index is 464. The second kappa shape index (κ2) is 6.99. The Labute approximate surface area is 116 Å². The van der Waals surface area contributed by atoms with E-state index in [9.17, 15) is 9.59 Å². The zero-order valence-corrected chi connectivity index (χ0v) is 11.5. The molecule has 0 heterocycles. The number of ether oxygens (including phenoxy) is 1. The van der Waals surface area contributed by atoms with Crippen LogP contribution in [0.1, 0.15) is 20.3 Å². The van der Waals surface area contributed by atoms with E-state index in [2.05, 4.69) is 5.32 Å². The molecule has 1 aromatic carbocycles. The Hall–Kier alpha value is -1.75. The number of carbonyl (C=O) groups is 2. The Balaban J connectivity index is 2.60. The number of aliphatic carboxylic acids is 1. The lowest BCUT2D eigenvalue weighted by Crippen LogP contribution is -2.45. The molecule has 0 spiro atoms. The van der Waals surface area contributed by atoms with Gasteiger partial charge in [0.25, 0.3) is 5.91 Å². The van der Waals surface area contributed by atoms with Crippen LogP contribution < -0.4 is 10.1 Å². The summed E-state index contributed by atoms with van der Waals surface area (Å²) in [5.41, 5.74) is 0. The van der Waals surface area contributed by atoms with Gasteiger partial charge in [0.2, 0.25) is 0 Å². The second-order valence-corrected chi connectivity index (χ2v) is 4.46. The van der Waals surface area contributed by atoms with Gasteiger partial charge in [0, 0.05) is 5.02 Å². The number of hydrogen-bond donors (Lipinski definition) is 2. The lowest BCUT2D eigenvalue weighted by molar-refractivity contribution is -0.143. The van der Waals surface area contributed by atoms with Crippen LogP contribution in [-0.4, -0.2) is 29.1 Å². The van der Waals surface area contributed by atoms with Crippen molar-refractivity contribution in [3.05, 3.63) is 29.3 Å². The number of halogens is 1. The lowest BCUT2D eigenvalue weighted by atomic mass is 10.2. The molecule has 2 unspecified atom stereocenters. The summed E-state index contributed by atoms with van der Waals surface area (Å²) in [4.78, 5) is 22.6. The van der Waals surface area contributed by atoms with Gasteiger partial charge in [-0.3, -0.25) is 4.79 Å². The van der Waals surface area contributed by atoms with E-state index in [4.69, 9.17) is 21.4 Å². The molecule has 1 aromatic rings. The highest BCUT2D eigenvalue weighted by molar-refractivity contribution is 6.30. The Morgan fingerprint density at radius 1 is 1.47 bits per heavy atom. The number of amides is 1. The van der Waals surface area contributed by atoms with Crippen LogP contribution in [0.4, 0.5) is 0 Å². The first-order valence-corrected chi connectivity index (χ1v) is 6.27. The topological polar surface area (TPSA) is 75.6 Å². The highest BCUT2D eigenvalue weighted by Crippen LogP contribution is 2.18. The van der Waals surface area contributed by atoms with Gasteiger partial charge in [0.15, 0.2) is 6.10 Å². The van der Waals surface area contributed by atoms with Crippen LogP contribution in [0.25, 0.3) is 0 Å². The lowest BCUT2D eigenvalue weighted by Gasteiger charge is -2.18. The maximum absolute atomic E-state index is 11.8. The normalized spacial score (nSPS) is 13.4. The molecule has 2 atom stereocenters. The van der Waals surface area contributed by atoms with Crippen LogP contribution in [0.5, 0.6) is 5.75 Å². The van der Waals surface area contributed by atoms with Gasteiger partial charge < -0.3 is 15.2 Å². The third-order valence-corrected chi connectivity index (χ3v) is 2.74. The van der Waals surface area contributed by atoms with E-state index in [-0.39, 0.29) is 0 Å². The molecule has 0 saturated carbocycles. The van der Waals surface area contributed by atoms with Gasteiger partial charge >= 0.3 is 5.97 Å². The summed E-state index contributed by atoms with van der Waals surface area (Å²) in [5.74, 6) is -1.08. The zero-order valence-electron chi connectivity index (χ0n) is 10.7. The SMILES string of the molecule is CCC(NC(=O)C(C)Oc1cccc(Cl)c1)C(=O)O. The van der Waals surface area contributed by atoms with Gasteiger partial charge in [-0.25, -0.2) is 4.79 Å². The molecule has 0 aromatic heterocycles.